The monoisotopic (exact) mass is 457 g/mol. The molecule has 1 atom stereocenters. The van der Waals surface area contributed by atoms with Gasteiger partial charge in [0, 0.05) is 36.3 Å². The number of terminal acetylenes is 1. The number of primary amides is 1. The Kier molecular flexibility index (Phi) is 5.26. The Morgan fingerprint density at radius 3 is 2.47 bits per heavy atom. The van der Waals surface area contributed by atoms with Gasteiger partial charge in [0.05, 0.1) is 0 Å². The van der Waals surface area contributed by atoms with Gasteiger partial charge in [0.15, 0.2) is 11.3 Å². The molecule has 2 aromatic carbocycles. The van der Waals surface area contributed by atoms with Crippen LogP contribution in [0.25, 0.3) is 16.9 Å². The van der Waals surface area contributed by atoms with E-state index < -0.39 is 5.91 Å². The summed E-state index contributed by atoms with van der Waals surface area (Å²) in [6.07, 6.45) is 7.77. The predicted molar refractivity (Wildman–Crippen MR) is 123 cm³/mol. The molecule has 1 aliphatic heterocycles. The lowest BCUT2D eigenvalue weighted by atomic mass is 10.0. The summed E-state index contributed by atoms with van der Waals surface area (Å²) in [4.78, 5) is 30.5. The van der Waals surface area contributed by atoms with Gasteiger partial charge in [-0.2, -0.15) is 0 Å². The third-order valence-electron chi connectivity index (χ3n) is 5.93. The first-order valence-electron chi connectivity index (χ1n) is 10.6. The number of amides is 2. The van der Waals surface area contributed by atoms with Crippen molar-refractivity contribution in [3.05, 3.63) is 71.8 Å². The lowest BCUT2D eigenvalue weighted by Crippen LogP contribution is -2.26. The third-order valence-corrected chi connectivity index (χ3v) is 5.93. The second-order valence-electron chi connectivity index (χ2n) is 8.02. The summed E-state index contributed by atoms with van der Waals surface area (Å²) in [6.45, 7) is 1.05. The number of nitrogens with two attached hydrogens (primary N) is 1. The van der Waals surface area contributed by atoms with Gasteiger partial charge in [-0.15, -0.1) is 6.42 Å². The molecular formula is C25H20FN5O3. The summed E-state index contributed by atoms with van der Waals surface area (Å²) < 4.78 is 20.4. The second kappa shape index (κ2) is 8.41. The van der Waals surface area contributed by atoms with Crippen LogP contribution in [0, 0.1) is 18.2 Å². The molecule has 0 bridgehead atoms. The summed E-state index contributed by atoms with van der Waals surface area (Å²) in [7, 11) is 0. The topological polar surface area (TPSA) is 106 Å². The third kappa shape index (κ3) is 3.75. The zero-order valence-corrected chi connectivity index (χ0v) is 18.0. The quantitative estimate of drug-likeness (QED) is 0.449. The van der Waals surface area contributed by atoms with Gasteiger partial charge < -0.3 is 15.4 Å². The molecule has 0 radical (unpaired) electrons. The lowest BCUT2D eigenvalue weighted by Gasteiger charge is -2.12. The minimum absolute atomic E-state index is 0.0357. The minimum Gasteiger partial charge on any atom is -0.457 e. The maximum Gasteiger partial charge on any atom is 0.298 e. The number of hydrogen-bond donors (Lipinski definition) is 2. The Labute approximate surface area is 194 Å². The number of imidazole rings is 1. The number of carbonyl (C=O) groups excluding carboxylic acids is 2. The average molecular weight is 457 g/mol. The van der Waals surface area contributed by atoms with Gasteiger partial charge in [0.1, 0.15) is 23.0 Å². The van der Waals surface area contributed by atoms with Crippen molar-refractivity contribution in [2.75, 3.05) is 13.1 Å². The summed E-state index contributed by atoms with van der Waals surface area (Å²) in [6, 6.07) is 12.7. The van der Waals surface area contributed by atoms with E-state index in [0.29, 0.717) is 41.5 Å². The van der Waals surface area contributed by atoms with Gasteiger partial charge in [-0.05, 0) is 60.9 Å². The van der Waals surface area contributed by atoms with Crippen LogP contribution in [-0.4, -0.2) is 44.4 Å². The van der Waals surface area contributed by atoms with Crippen molar-refractivity contribution in [1.82, 2.24) is 19.5 Å². The number of ether oxygens (including phenoxy) is 1. The van der Waals surface area contributed by atoms with Crippen molar-refractivity contribution in [2.24, 2.45) is 5.73 Å². The zero-order valence-electron chi connectivity index (χ0n) is 18.0. The Hall–Kier alpha value is -4.58. The number of benzene rings is 2. The molecule has 9 heteroatoms. The number of hydrogen-bond acceptors (Lipinski definition) is 4. The fourth-order valence-electron chi connectivity index (χ4n) is 4.28. The Morgan fingerprint density at radius 1 is 1.15 bits per heavy atom. The first-order valence-corrected chi connectivity index (χ1v) is 10.6. The first-order chi connectivity index (χ1) is 16.4. The molecule has 2 amide bonds. The highest BCUT2D eigenvalue weighted by atomic mass is 19.1. The number of likely N-dealkylation sites (tertiary alicyclic amines) is 1. The van der Waals surface area contributed by atoms with E-state index in [1.54, 1.807) is 39.9 Å². The highest BCUT2D eigenvalue weighted by Crippen LogP contribution is 2.33. The number of aromatic nitrogens is 3. The van der Waals surface area contributed by atoms with Crippen LogP contribution in [0.4, 0.5) is 4.39 Å². The van der Waals surface area contributed by atoms with Crippen LogP contribution < -0.4 is 10.5 Å². The smallest absolute Gasteiger partial charge is 0.298 e. The average Bonchev–Trinajstić information content (AvgIpc) is 3.55. The molecule has 1 unspecified atom stereocenters. The fourth-order valence-corrected chi connectivity index (χ4v) is 4.28. The highest BCUT2D eigenvalue weighted by Gasteiger charge is 2.31. The largest absolute Gasteiger partial charge is 0.457 e. The van der Waals surface area contributed by atoms with E-state index in [1.807, 2.05) is 0 Å². The van der Waals surface area contributed by atoms with E-state index in [1.165, 1.54) is 24.3 Å². The van der Waals surface area contributed by atoms with Gasteiger partial charge in [-0.25, -0.2) is 13.9 Å². The minimum atomic E-state index is -0.627. The second-order valence-corrected chi connectivity index (χ2v) is 8.02. The SMILES string of the molecule is C#CC(=O)N1CCC(c2c[nH]n3c(C(N)=O)c(-c4ccc(Oc5ccc(F)cc5)cc4)nc23)C1. The number of H-pyrrole nitrogens is 1. The molecule has 0 spiro atoms. The lowest BCUT2D eigenvalue weighted by molar-refractivity contribution is -0.124. The molecule has 1 fully saturated rings. The summed E-state index contributed by atoms with van der Waals surface area (Å²) in [5.74, 6) is 1.93. The number of fused-ring (bicyclic) bond motifs is 1. The van der Waals surface area contributed by atoms with Crippen molar-refractivity contribution in [3.63, 3.8) is 0 Å². The van der Waals surface area contributed by atoms with Crippen LogP contribution in [0.15, 0.2) is 54.7 Å². The molecule has 1 aliphatic rings. The van der Waals surface area contributed by atoms with Crippen LogP contribution in [0.2, 0.25) is 0 Å². The van der Waals surface area contributed by atoms with Crippen LogP contribution in [-0.2, 0) is 4.79 Å². The van der Waals surface area contributed by atoms with Crippen molar-refractivity contribution in [1.29, 1.82) is 0 Å². The molecular weight excluding hydrogens is 437 g/mol. The maximum absolute atomic E-state index is 13.1. The molecule has 3 heterocycles. The van der Waals surface area contributed by atoms with Crippen molar-refractivity contribution >= 4 is 17.5 Å². The fraction of sp³-hybridized carbons (Fsp3) is 0.160. The normalized spacial score (nSPS) is 15.4. The maximum atomic E-state index is 13.1. The number of carbonyl (C=O) groups is 2. The molecule has 170 valence electrons. The van der Waals surface area contributed by atoms with Gasteiger partial charge in [-0.3, -0.25) is 14.7 Å². The molecule has 8 nitrogen and oxygen atoms in total. The van der Waals surface area contributed by atoms with E-state index in [0.717, 1.165) is 12.0 Å². The molecule has 5 rings (SSSR count). The number of halogens is 1. The summed E-state index contributed by atoms with van der Waals surface area (Å²) in [5.41, 5.74) is 8.50. The molecule has 1 saturated heterocycles. The number of aromatic amines is 1. The van der Waals surface area contributed by atoms with Crippen LogP contribution in [0.5, 0.6) is 11.5 Å². The van der Waals surface area contributed by atoms with Gasteiger partial charge >= 0.3 is 0 Å². The Morgan fingerprint density at radius 2 is 1.82 bits per heavy atom. The Bertz CT molecular complexity index is 1430. The van der Waals surface area contributed by atoms with Crippen LogP contribution in [0.3, 0.4) is 0 Å². The van der Waals surface area contributed by atoms with E-state index >= 15 is 0 Å². The molecule has 2 aromatic heterocycles. The van der Waals surface area contributed by atoms with Gasteiger partial charge in [0.2, 0.25) is 0 Å². The molecule has 0 aliphatic carbocycles. The van der Waals surface area contributed by atoms with E-state index in [4.69, 9.17) is 21.9 Å². The van der Waals surface area contributed by atoms with Crippen molar-refractivity contribution in [2.45, 2.75) is 12.3 Å². The Balaban J connectivity index is 1.46. The van der Waals surface area contributed by atoms with Crippen molar-refractivity contribution in [3.8, 4) is 35.1 Å². The summed E-state index contributed by atoms with van der Waals surface area (Å²) in [5, 5.41) is 3.07. The zero-order chi connectivity index (χ0) is 23.8. The number of rotatable bonds is 5. The summed E-state index contributed by atoms with van der Waals surface area (Å²) >= 11 is 0. The van der Waals surface area contributed by atoms with E-state index in [2.05, 4.69) is 11.0 Å². The highest BCUT2D eigenvalue weighted by molar-refractivity contribution is 5.98. The molecule has 34 heavy (non-hydrogen) atoms. The first kappa shape index (κ1) is 21.3. The molecule has 3 N–H and O–H groups in total. The molecule has 0 saturated carbocycles. The van der Waals surface area contributed by atoms with Gasteiger partial charge in [0.25, 0.3) is 11.8 Å². The molecule has 4 aromatic rings. The van der Waals surface area contributed by atoms with Crippen LogP contribution in [0.1, 0.15) is 28.4 Å². The number of nitrogens with zero attached hydrogens (tertiary/aromatic N) is 3. The number of nitrogens with one attached hydrogen (secondary N) is 1. The van der Waals surface area contributed by atoms with Crippen LogP contribution >= 0.6 is 0 Å². The predicted octanol–water partition coefficient (Wildman–Crippen LogP) is 3.31. The van der Waals surface area contributed by atoms with Gasteiger partial charge in [-0.1, -0.05) is 0 Å². The van der Waals surface area contributed by atoms with E-state index in [-0.39, 0.29) is 23.3 Å². The van der Waals surface area contributed by atoms with E-state index in [9.17, 15) is 14.0 Å². The standard InChI is InChI=1S/C25H20FN5O3/c1-2-21(32)30-12-11-16(14-30)20-13-28-31-23(24(27)33)22(29-25(20)31)15-3-7-18(8-4-15)34-19-9-5-17(26)6-10-19/h1,3-10,13,16,28H,11-12,14H2,(H2,27,33). The van der Waals surface area contributed by atoms with Crippen molar-refractivity contribution < 1.29 is 18.7 Å².